The van der Waals surface area contributed by atoms with Crippen molar-refractivity contribution in [3.63, 3.8) is 0 Å². The van der Waals surface area contributed by atoms with Crippen molar-refractivity contribution < 1.29 is 19.0 Å². The number of hydrogen-bond acceptors (Lipinski definition) is 3. The van der Waals surface area contributed by atoms with E-state index in [9.17, 15) is 9.18 Å². The Morgan fingerprint density at radius 1 is 1.42 bits per heavy atom. The first-order valence-electron chi connectivity index (χ1n) is 6.40. The van der Waals surface area contributed by atoms with Crippen molar-refractivity contribution in [1.29, 1.82) is 0 Å². The lowest BCUT2D eigenvalue weighted by atomic mass is 10.1. The van der Waals surface area contributed by atoms with E-state index in [4.69, 9.17) is 9.84 Å². The van der Waals surface area contributed by atoms with Crippen LogP contribution in [0, 0.1) is 5.82 Å². The van der Waals surface area contributed by atoms with E-state index >= 15 is 0 Å². The minimum atomic E-state index is -1.10. The van der Waals surface area contributed by atoms with Crippen molar-refractivity contribution in [3.05, 3.63) is 35.1 Å². The summed E-state index contributed by atoms with van der Waals surface area (Å²) in [6.45, 7) is 7.17. The molecule has 0 aliphatic rings. The van der Waals surface area contributed by atoms with Crippen LogP contribution in [0.4, 0.5) is 4.39 Å². The van der Waals surface area contributed by atoms with Gasteiger partial charge in [0.1, 0.15) is 5.82 Å². The molecular formula is C14H20FNO3. The number of likely N-dealkylation sites (N-methyl/N-ethyl adjacent to an activating group) is 1. The van der Waals surface area contributed by atoms with Gasteiger partial charge >= 0.3 is 5.97 Å². The minimum absolute atomic E-state index is 0.0230. The zero-order valence-electron chi connectivity index (χ0n) is 11.4. The highest BCUT2D eigenvalue weighted by Gasteiger charge is 2.13. The van der Waals surface area contributed by atoms with Crippen molar-refractivity contribution in [2.24, 2.45) is 0 Å². The molecule has 0 radical (unpaired) electrons. The van der Waals surface area contributed by atoms with Crippen LogP contribution in [0.1, 0.15) is 29.8 Å². The molecule has 0 heterocycles. The average molecular weight is 269 g/mol. The summed E-state index contributed by atoms with van der Waals surface area (Å²) in [4.78, 5) is 13.2. The van der Waals surface area contributed by atoms with Crippen LogP contribution < -0.4 is 0 Å². The van der Waals surface area contributed by atoms with Crippen molar-refractivity contribution >= 4 is 5.97 Å². The maximum absolute atomic E-state index is 13.1. The molecule has 4 nitrogen and oxygen atoms in total. The van der Waals surface area contributed by atoms with Crippen LogP contribution in [-0.4, -0.2) is 42.3 Å². The molecule has 0 spiro atoms. The second-order valence-corrected chi connectivity index (χ2v) is 4.17. The Labute approximate surface area is 112 Å². The van der Waals surface area contributed by atoms with E-state index in [1.165, 1.54) is 12.1 Å². The molecule has 0 bridgehead atoms. The lowest BCUT2D eigenvalue weighted by molar-refractivity contribution is 0.0693. The first-order valence-corrected chi connectivity index (χ1v) is 6.40. The largest absolute Gasteiger partial charge is 0.478 e. The Bertz CT molecular complexity index is 423. The van der Waals surface area contributed by atoms with E-state index < -0.39 is 11.8 Å². The lowest BCUT2D eigenvalue weighted by Gasteiger charge is -2.21. The molecule has 19 heavy (non-hydrogen) atoms. The normalized spacial score (nSPS) is 10.9. The number of carboxylic acids is 1. The highest BCUT2D eigenvalue weighted by molar-refractivity contribution is 5.89. The van der Waals surface area contributed by atoms with Gasteiger partial charge in [-0.3, -0.25) is 4.90 Å². The molecule has 0 unspecified atom stereocenters. The molecular weight excluding hydrogens is 249 g/mol. The van der Waals surface area contributed by atoms with Gasteiger partial charge in [0.25, 0.3) is 0 Å². The monoisotopic (exact) mass is 269 g/mol. The van der Waals surface area contributed by atoms with Crippen molar-refractivity contribution in [2.45, 2.75) is 20.4 Å². The number of carboxylic acid groups (broad SMARTS) is 1. The summed E-state index contributed by atoms with van der Waals surface area (Å²) in [5, 5.41) is 9.08. The predicted octanol–water partition coefficient (Wildman–Crippen LogP) is 2.38. The fourth-order valence-corrected chi connectivity index (χ4v) is 1.81. The summed E-state index contributed by atoms with van der Waals surface area (Å²) >= 11 is 0. The van der Waals surface area contributed by atoms with Crippen LogP contribution in [0.25, 0.3) is 0 Å². The summed E-state index contributed by atoms with van der Waals surface area (Å²) in [6.07, 6.45) is 0. The number of nitrogens with zero attached hydrogens (tertiary/aromatic N) is 1. The zero-order chi connectivity index (χ0) is 14.3. The molecule has 0 saturated heterocycles. The number of benzene rings is 1. The van der Waals surface area contributed by atoms with Gasteiger partial charge in [0.2, 0.25) is 0 Å². The minimum Gasteiger partial charge on any atom is -0.478 e. The zero-order valence-corrected chi connectivity index (χ0v) is 11.4. The van der Waals surface area contributed by atoms with E-state index in [0.717, 1.165) is 19.2 Å². The fraction of sp³-hybridized carbons (Fsp3) is 0.500. The summed E-state index contributed by atoms with van der Waals surface area (Å²) < 4.78 is 18.4. The fourth-order valence-electron chi connectivity index (χ4n) is 1.81. The predicted molar refractivity (Wildman–Crippen MR) is 70.8 cm³/mol. The number of ether oxygens (including phenoxy) is 1. The van der Waals surface area contributed by atoms with Gasteiger partial charge in [-0.2, -0.15) is 0 Å². The highest BCUT2D eigenvalue weighted by atomic mass is 19.1. The SMILES string of the molecule is CCOCCN(CC)Cc1ccc(F)cc1C(=O)O. The Balaban J connectivity index is 2.76. The Morgan fingerprint density at radius 2 is 2.16 bits per heavy atom. The third kappa shape index (κ3) is 4.96. The number of halogens is 1. The Kier molecular flexibility index (Phi) is 6.45. The summed E-state index contributed by atoms with van der Waals surface area (Å²) in [5.74, 6) is -1.63. The summed E-state index contributed by atoms with van der Waals surface area (Å²) in [5.41, 5.74) is 0.641. The topological polar surface area (TPSA) is 49.8 Å². The molecule has 0 atom stereocenters. The molecule has 106 valence electrons. The van der Waals surface area contributed by atoms with Gasteiger partial charge in [0.05, 0.1) is 12.2 Å². The number of hydrogen-bond donors (Lipinski definition) is 1. The van der Waals surface area contributed by atoms with Gasteiger partial charge in [-0.05, 0) is 31.2 Å². The highest BCUT2D eigenvalue weighted by Crippen LogP contribution is 2.14. The third-order valence-electron chi connectivity index (χ3n) is 2.90. The van der Waals surface area contributed by atoms with Crippen LogP contribution in [0.15, 0.2) is 18.2 Å². The molecule has 0 aromatic heterocycles. The molecule has 0 aliphatic carbocycles. The van der Waals surface area contributed by atoms with Crippen LogP contribution in [0.3, 0.4) is 0 Å². The number of rotatable bonds is 8. The van der Waals surface area contributed by atoms with Gasteiger partial charge in [0, 0.05) is 19.7 Å². The van der Waals surface area contributed by atoms with Crippen molar-refractivity contribution in [3.8, 4) is 0 Å². The average Bonchev–Trinajstić information content (AvgIpc) is 2.39. The first kappa shape index (κ1) is 15.6. The Morgan fingerprint density at radius 3 is 2.74 bits per heavy atom. The van der Waals surface area contributed by atoms with E-state index in [0.29, 0.717) is 25.3 Å². The van der Waals surface area contributed by atoms with Crippen LogP contribution in [0.2, 0.25) is 0 Å². The number of carbonyl (C=O) groups is 1. The maximum atomic E-state index is 13.1. The standard InChI is InChI=1S/C14H20FNO3/c1-3-16(7-8-19-4-2)10-11-5-6-12(15)9-13(11)14(17)18/h5-6,9H,3-4,7-8,10H2,1-2H3,(H,17,18). The first-order chi connectivity index (χ1) is 9.08. The van der Waals surface area contributed by atoms with Crippen molar-refractivity contribution in [1.82, 2.24) is 4.90 Å². The Hall–Kier alpha value is -1.46. The van der Waals surface area contributed by atoms with Crippen LogP contribution >= 0.6 is 0 Å². The van der Waals surface area contributed by atoms with Gasteiger partial charge in [-0.1, -0.05) is 13.0 Å². The second-order valence-electron chi connectivity index (χ2n) is 4.17. The van der Waals surface area contributed by atoms with E-state index in [-0.39, 0.29) is 5.56 Å². The van der Waals surface area contributed by atoms with Crippen LogP contribution in [-0.2, 0) is 11.3 Å². The number of aromatic carboxylic acids is 1. The maximum Gasteiger partial charge on any atom is 0.336 e. The van der Waals surface area contributed by atoms with E-state index in [1.807, 2.05) is 13.8 Å². The quantitative estimate of drug-likeness (QED) is 0.736. The molecule has 0 amide bonds. The van der Waals surface area contributed by atoms with Gasteiger partial charge < -0.3 is 9.84 Å². The lowest BCUT2D eigenvalue weighted by Crippen LogP contribution is -2.28. The molecule has 0 saturated carbocycles. The molecule has 0 fully saturated rings. The second kappa shape index (κ2) is 7.86. The molecule has 0 aliphatic heterocycles. The molecule has 1 aromatic rings. The summed E-state index contributed by atoms with van der Waals surface area (Å²) in [7, 11) is 0. The molecule has 5 heteroatoms. The van der Waals surface area contributed by atoms with E-state index in [1.54, 1.807) is 0 Å². The summed E-state index contributed by atoms with van der Waals surface area (Å²) in [6, 6.07) is 3.88. The van der Waals surface area contributed by atoms with Gasteiger partial charge in [-0.15, -0.1) is 0 Å². The van der Waals surface area contributed by atoms with Gasteiger partial charge in [0.15, 0.2) is 0 Å². The molecule has 1 N–H and O–H groups in total. The molecule has 1 aromatic carbocycles. The smallest absolute Gasteiger partial charge is 0.336 e. The van der Waals surface area contributed by atoms with Crippen LogP contribution in [0.5, 0.6) is 0 Å². The third-order valence-corrected chi connectivity index (χ3v) is 2.90. The van der Waals surface area contributed by atoms with Crippen molar-refractivity contribution in [2.75, 3.05) is 26.3 Å². The van der Waals surface area contributed by atoms with E-state index in [2.05, 4.69) is 4.90 Å². The van der Waals surface area contributed by atoms with Gasteiger partial charge in [-0.25, -0.2) is 9.18 Å². The molecule has 1 rings (SSSR count).